The van der Waals surface area contributed by atoms with E-state index in [1.54, 1.807) is 13.8 Å². The number of rotatable bonds is 3. The number of aromatic amines is 1. The molecule has 1 aromatic rings. The van der Waals surface area contributed by atoms with E-state index in [4.69, 9.17) is 25.8 Å². The summed E-state index contributed by atoms with van der Waals surface area (Å²) in [6.07, 6.45) is -1.14. The molecule has 3 heterocycles. The number of nitrogens with zero attached hydrogens (tertiary/aromatic N) is 1. The molecule has 0 amide bonds. The van der Waals surface area contributed by atoms with E-state index < -0.39 is 41.6 Å². The van der Waals surface area contributed by atoms with Crippen LogP contribution in [0.5, 0.6) is 0 Å². The highest BCUT2D eigenvalue weighted by Crippen LogP contribution is 2.42. The van der Waals surface area contributed by atoms with E-state index in [9.17, 15) is 14.7 Å². The monoisotopic (exact) mass is 332 g/mol. The number of hydrogen-bond donors (Lipinski definition) is 2. The van der Waals surface area contributed by atoms with Crippen LogP contribution in [-0.4, -0.2) is 45.4 Å². The second kappa shape index (κ2) is 5.47. The predicted molar refractivity (Wildman–Crippen MR) is 75.7 cm³/mol. The third-order valence-electron chi connectivity index (χ3n) is 3.76. The van der Waals surface area contributed by atoms with Crippen LogP contribution in [0.25, 0.3) is 0 Å². The van der Waals surface area contributed by atoms with Gasteiger partial charge in [0.15, 0.2) is 12.0 Å². The lowest BCUT2D eigenvalue weighted by Crippen LogP contribution is -2.38. The molecule has 2 unspecified atom stereocenters. The van der Waals surface area contributed by atoms with Crippen molar-refractivity contribution in [2.45, 2.75) is 50.1 Å². The summed E-state index contributed by atoms with van der Waals surface area (Å²) in [5.41, 5.74) is -0.921. The molecule has 0 aliphatic carbocycles. The van der Waals surface area contributed by atoms with Crippen LogP contribution in [-0.2, 0) is 20.1 Å². The first-order valence-corrected chi connectivity index (χ1v) is 7.42. The van der Waals surface area contributed by atoms with Crippen LogP contribution in [0.2, 0.25) is 0 Å². The first kappa shape index (κ1) is 15.7. The van der Waals surface area contributed by atoms with Crippen molar-refractivity contribution in [1.29, 1.82) is 0 Å². The fourth-order valence-electron chi connectivity index (χ4n) is 2.84. The predicted octanol–water partition coefficient (Wildman–Crippen LogP) is -0.315. The highest BCUT2D eigenvalue weighted by Gasteiger charge is 2.55. The van der Waals surface area contributed by atoms with Gasteiger partial charge in [0.2, 0.25) is 0 Å². The molecule has 4 atom stereocenters. The van der Waals surface area contributed by atoms with Gasteiger partial charge in [0.05, 0.1) is 12.5 Å². The van der Waals surface area contributed by atoms with Gasteiger partial charge in [-0.15, -0.1) is 11.6 Å². The fourth-order valence-corrected chi connectivity index (χ4v) is 3.03. The van der Waals surface area contributed by atoms with Crippen LogP contribution in [0.1, 0.15) is 25.6 Å². The van der Waals surface area contributed by atoms with Gasteiger partial charge < -0.3 is 19.3 Å². The van der Waals surface area contributed by atoms with Gasteiger partial charge in [0.1, 0.15) is 18.3 Å². The molecule has 122 valence electrons. The molecular formula is C13H17ClN2O6. The third-order valence-corrected chi connectivity index (χ3v) is 4.05. The first-order valence-electron chi connectivity index (χ1n) is 6.88. The number of alkyl halides is 1. The summed E-state index contributed by atoms with van der Waals surface area (Å²) in [5.74, 6) is -0.880. The van der Waals surface area contributed by atoms with E-state index in [2.05, 4.69) is 4.98 Å². The second-order valence-corrected chi connectivity index (χ2v) is 6.03. The third kappa shape index (κ3) is 2.50. The molecule has 2 aliphatic rings. The quantitative estimate of drug-likeness (QED) is 0.736. The zero-order chi connectivity index (χ0) is 16.1. The summed E-state index contributed by atoms with van der Waals surface area (Å²) in [6.45, 7) is 3.23. The Balaban J connectivity index is 2.02. The number of aromatic nitrogens is 2. The van der Waals surface area contributed by atoms with Crippen LogP contribution in [0, 0.1) is 0 Å². The zero-order valence-corrected chi connectivity index (χ0v) is 12.9. The normalized spacial score (nSPS) is 33.1. The minimum Gasteiger partial charge on any atom is -0.394 e. The molecule has 0 spiro atoms. The summed E-state index contributed by atoms with van der Waals surface area (Å²) in [4.78, 5) is 25.9. The number of aliphatic hydroxyl groups excluding tert-OH is 1. The largest absolute Gasteiger partial charge is 0.394 e. The van der Waals surface area contributed by atoms with Gasteiger partial charge in [-0.3, -0.25) is 14.3 Å². The minimum atomic E-state index is -0.841. The zero-order valence-electron chi connectivity index (χ0n) is 12.1. The molecule has 3 rings (SSSR count). The van der Waals surface area contributed by atoms with Gasteiger partial charge in [0.25, 0.3) is 5.56 Å². The molecule has 2 aliphatic heterocycles. The van der Waals surface area contributed by atoms with Gasteiger partial charge in [-0.1, -0.05) is 0 Å². The lowest BCUT2D eigenvalue weighted by atomic mass is 10.1. The van der Waals surface area contributed by atoms with Crippen LogP contribution in [0.4, 0.5) is 0 Å². The second-order valence-electron chi connectivity index (χ2n) is 5.77. The van der Waals surface area contributed by atoms with E-state index >= 15 is 0 Å². The first-order chi connectivity index (χ1) is 10.4. The molecule has 2 N–H and O–H groups in total. The highest BCUT2D eigenvalue weighted by atomic mass is 35.5. The van der Waals surface area contributed by atoms with Gasteiger partial charge in [-0.2, -0.15) is 0 Å². The molecule has 0 radical (unpaired) electrons. The molecule has 0 aromatic carbocycles. The highest BCUT2D eigenvalue weighted by molar-refractivity contribution is 6.17. The summed E-state index contributed by atoms with van der Waals surface area (Å²) >= 11 is 5.70. The van der Waals surface area contributed by atoms with Crippen molar-refractivity contribution in [3.63, 3.8) is 0 Å². The molecule has 2 saturated heterocycles. The number of fused-ring (bicyclic) bond motifs is 1. The molecule has 1 aromatic heterocycles. The number of nitrogens with one attached hydrogen (secondary N) is 1. The Hall–Kier alpha value is -1.19. The number of halogens is 1. The minimum absolute atomic E-state index is 0.0390. The maximum Gasteiger partial charge on any atom is 0.330 e. The average molecular weight is 333 g/mol. The number of hydrogen-bond acceptors (Lipinski definition) is 6. The van der Waals surface area contributed by atoms with E-state index in [-0.39, 0.29) is 18.1 Å². The van der Waals surface area contributed by atoms with E-state index in [1.165, 1.54) is 10.8 Å². The van der Waals surface area contributed by atoms with Crippen LogP contribution in [0.15, 0.2) is 15.8 Å². The Kier molecular flexibility index (Phi) is 3.90. The van der Waals surface area contributed by atoms with Crippen molar-refractivity contribution in [3.8, 4) is 0 Å². The lowest BCUT2D eigenvalue weighted by Gasteiger charge is -2.24. The number of ether oxygens (including phenoxy) is 3. The molecule has 8 nitrogen and oxygen atoms in total. The van der Waals surface area contributed by atoms with Crippen LogP contribution in [0.3, 0.4) is 0 Å². The SMILES string of the molecule is CC1(C)OC2C(O1)[C@@H](CO)O[C@H]2n1cc(CCl)c(=O)[nH]c1=O. The molecule has 2 fully saturated rings. The van der Waals surface area contributed by atoms with E-state index in [0.29, 0.717) is 0 Å². The van der Waals surface area contributed by atoms with Gasteiger partial charge >= 0.3 is 5.69 Å². The maximum absolute atomic E-state index is 12.1. The van der Waals surface area contributed by atoms with Gasteiger partial charge in [-0.25, -0.2) is 4.79 Å². The Morgan fingerprint density at radius 2 is 2.05 bits per heavy atom. The summed E-state index contributed by atoms with van der Waals surface area (Å²) < 4.78 is 18.4. The Morgan fingerprint density at radius 1 is 1.36 bits per heavy atom. The van der Waals surface area contributed by atoms with E-state index in [1.807, 2.05) is 0 Å². The lowest BCUT2D eigenvalue weighted by molar-refractivity contribution is -0.200. The van der Waals surface area contributed by atoms with Crippen molar-refractivity contribution in [1.82, 2.24) is 9.55 Å². The standard InChI is InChI=1S/C13H17ClN2O6/c1-13(2)21-8-7(5-17)20-11(9(8)22-13)16-4-6(3-14)10(18)15-12(16)19/h4,7-9,11,17H,3,5H2,1-2H3,(H,15,18,19)/t7-,8?,9?,11-/m1/s1. The van der Waals surface area contributed by atoms with Crippen molar-refractivity contribution in [2.24, 2.45) is 0 Å². The molecule has 0 bridgehead atoms. The molecule has 9 heteroatoms. The van der Waals surface area contributed by atoms with E-state index in [0.717, 1.165) is 0 Å². The van der Waals surface area contributed by atoms with Crippen molar-refractivity contribution in [3.05, 3.63) is 32.6 Å². The summed E-state index contributed by atoms with van der Waals surface area (Å²) in [6, 6.07) is 0. The topological polar surface area (TPSA) is 103 Å². The molecule has 22 heavy (non-hydrogen) atoms. The Morgan fingerprint density at radius 3 is 2.68 bits per heavy atom. The van der Waals surface area contributed by atoms with Gasteiger partial charge in [0, 0.05) is 11.8 Å². The fraction of sp³-hybridized carbons (Fsp3) is 0.692. The Bertz CT molecular complexity index is 684. The van der Waals surface area contributed by atoms with Crippen molar-refractivity contribution < 1.29 is 19.3 Å². The molecular weight excluding hydrogens is 316 g/mol. The Labute approximate surface area is 130 Å². The number of H-pyrrole nitrogens is 1. The van der Waals surface area contributed by atoms with Crippen LogP contribution < -0.4 is 11.2 Å². The van der Waals surface area contributed by atoms with Crippen LogP contribution >= 0.6 is 11.6 Å². The maximum atomic E-state index is 12.1. The van der Waals surface area contributed by atoms with Crippen molar-refractivity contribution in [2.75, 3.05) is 6.61 Å². The smallest absolute Gasteiger partial charge is 0.330 e. The van der Waals surface area contributed by atoms with Crippen molar-refractivity contribution >= 4 is 11.6 Å². The van der Waals surface area contributed by atoms with Gasteiger partial charge in [-0.05, 0) is 13.8 Å². The number of aliphatic hydroxyl groups is 1. The summed E-state index contributed by atoms with van der Waals surface area (Å²) in [7, 11) is 0. The average Bonchev–Trinajstić information content (AvgIpc) is 2.92. The molecule has 0 saturated carbocycles. The summed E-state index contributed by atoms with van der Waals surface area (Å²) in [5, 5.41) is 9.44.